The van der Waals surface area contributed by atoms with Crippen LogP contribution < -0.4 is 5.32 Å². The van der Waals surface area contributed by atoms with Crippen molar-refractivity contribution in [2.24, 2.45) is 7.05 Å². The summed E-state index contributed by atoms with van der Waals surface area (Å²) in [5.41, 5.74) is 1.42. The Morgan fingerprint density at radius 3 is 2.81 bits per heavy atom. The van der Waals surface area contributed by atoms with Crippen LogP contribution in [-0.2, 0) is 13.6 Å². The van der Waals surface area contributed by atoms with Crippen LogP contribution in [0.15, 0.2) is 24.4 Å². The number of carbonyl (C=O) groups is 1. The van der Waals surface area contributed by atoms with Gasteiger partial charge in [0, 0.05) is 35.9 Å². The van der Waals surface area contributed by atoms with Crippen LogP contribution in [0, 0.1) is 17.0 Å². The Bertz CT molecular complexity index is 711. The maximum absolute atomic E-state index is 12.1. The summed E-state index contributed by atoms with van der Waals surface area (Å²) in [6, 6.07) is 3.87. The molecule has 2 aromatic rings. The van der Waals surface area contributed by atoms with Gasteiger partial charge in [0.1, 0.15) is 5.56 Å². The van der Waals surface area contributed by atoms with Gasteiger partial charge >= 0.3 is 0 Å². The third-order valence-electron chi connectivity index (χ3n) is 3.18. The standard InChI is InChI=1S/C13H13ClN4O3/c1-8-9(7-16-17(8)2)6-15-13(19)11-5-10(14)3-4-12(11)18(20)21/h3-5,7H,6H2,1-2H3,(H,15,19). The number of nitro groups is 1. The van der Waals surface area contributed by atoms with E-state index in [1.807, 2.05) is 6.92 Å². The van der Waals surface area contributed by atoms with Crippen molar-refractivity contribution >= 4 is 23.2 Å². The Labute approximate surface area is 125 Å². The van der Waals surface area contributed by atoms with Gasteiger partial charge in [-0.15, -0.1) is 0 Å². The van der Waals surface area contributed by atoms with Crippen LogP contribution >= 0.6 is 11.6 Å². The molecular formula is C13H13ClN4O3. The fourth-order valence-electron chi connectivity index (χ4n) is 1.84. The summed E-state index contributed by atoms with van der Waals surface area (Å²) in [5.74, 6) is -0.549. The highest BCUT2D eigenvalue weighted by Gasteiger charge is 2.20. The minimum Gasteiger partial charge on any atom is -0.348 e. The van der Waals surface area contributed by atoms with Crippen molar-refractivity contribution in [3.05, 3.63) is 56.4 Å². The van der Waals surface area contributed by atoms with E-state index in [2.05, 4.69) is 10.4 Å². The van der Waals surface area contributed by atoms with Crippen molar-refractivity contribution in [2.45, 2.75) is 13.5 Å². The Balaban J connectivity index is 2.19. The van der Waals surface area contributed by atoms with Gasteiger partial charge < -0.3 is 5.32 Å². The number of aryl methyl sites for hydroxylation is 1. The lowest BCUT2D eigenvalue weighted by atomic mass is 10.1. The number of benzene rings is 1. The Hall–Kier alpha value is -2.41. The first-order chi connectivity index (χ1) is 9.90. The second-order valence-corrected chi connectivity index (χ2v) is 4.92. The highest BCUT2D eigenvalue weighted by atomic mass is 35.5. The predicted molar refractivity (Wildman–Crippen MR) is 77.2 cm³/mol. The molecule has 1 amide bonds. The third-order valence-corrected chi connectivity index (χ3v) is 3.41. The maximum atomic E-state index is 12.1. The SMILES string of the molecule is Cc1c(CNC(=O)c2cc(Cl)ccc2[N+](=O)[O-])cnn1C. The van der Waals surface area contributed by atoms with Crippen molar-refractivity contribution < 1.29 is 9.72 Å². The van der Waals surface area contributed by atoms with E-state index in [1.54, 1.807) is 17.9 Å². The van der Waals surface area contributed by atoms with Gasteiger partial charge in [-0.1, -0.05) is 11.6 Å². The van der Waals surface area contributed by atoms with Gasteiger partial charge in [-0.3, -0.25) is 19.6 Å². The molecule has 21 heavy (non-hydrogen) atoms. The lowest BCUT2D eigenvalue weighted by Crippen LogP contribution is -2.24. The fraction of sp³-hybridized carbons (Fsp3) is 0.231. The monoisotopic (exact) mass is 308 g/mol. The van der Waals surface area contributed by atoms with E-state index in [9.17, 15) is 14.9 Å². The van der Waals surface area contributed by atoms with Crippen molar-refractivity contribution in [1.82, 2.24) is 15.1 Å². The van der Waals surface area contributed by atoms with Gasteiger partial charge in [0.15, 0.2) is 0 Å². The zero-order valence-corrected chi connectivity index (χ0v) is 12.2. The average Bonchev–Trinajstić information content (AvgIpc) is 2.75. The first-order valence-electron chi connectivity index (χ1n) is 6.09. The molecule has 8 heteroatoms. The lowest BCUT2D eigenvalue weighted by molar-refractivity contribution is -0.385. The van der Waals surface area contributed by atoms with Crippen LogP contribution in [0.3, 0.4) is 0 Å². The third kappa shape index (κ3) is 3.19. The molecular weight excluding hydrogens is 296 g/mol. The van der Waals surface area contributed by atoms with Gasteiger partial charge in [0.25, 0.3) is 11.6 Å². The molecule has 0 saturated carbocycles. The number of halogens is 1. The largest absolute Gasteiger partial charge is 0.348 e. The van der Waals surface area contributed by atoms with Crippen LogP contribution in [0.2, 0.25) is 5.02 Å². The van der Waals surface area contributed by atoms with Gasteiger partial charge in [-0.05, 0) is 19.1 Å². The minimum absolute atomic E-state index is 0.0611. The molecule has 1 aromatic carbocycles. The van der Waals surface area contributed by atoms with Crippen LogP contribution in [-0.4, -0.2) is 20.6 Å². The molecule has 1 heterocycles. The number of hydrogen-bond donors (Lipinski definition) is 1. The summed E-state index contributed by atoms with van der Waals surface area (Å²) in [6.07, 6.45) is 1.64. The second-order valence-electron chi connectivity index (χ2n) is 4.48. The smallest absolute Gasteiger partial charge is 0.282 e. The van der Waals surface area contributed by atoms with Gasteiger partial charge in [0.05, 0.1) is 11.1 Å². The van der Waals surface area contributed by atoms with E-state index in [1.165, 1.54) is 18.2 Å². The summed E-state index contributed by atoms with van der Waals surface area (Å²) in [5, 5.41) is 17.9. The summed E-state index contributed by atoms with van der Waals surface area (Å²) in [7, 11) is 1.79. The van der Waals surface area contributed by atoms with Crippen LogP contribution in [0.4, 0.5) is 5.69 Å². The van der Waals surface area contributed by atoms with Crippen molar-refractivity contribution in [3.63, 3.8) is 0 Å². The number of carbonyl (C=O) groups excluding carboxylic acids is 1. The van der Waals surface area contributed by atoms with Crippen LogP contribution in [0.1, 0.15) is 21.6 Å². The number of nitrogens with zero attached hydrogens (tertiary/aromatic N) is 3. The van der Waals surface area contributed by atoms with Crippen LogP contribution in [0.5, 0.6) is 0 Å². The highest BCUT2D eigenvalue weighted by Crippen LogP contribution is 2.22. The van der Waals surface area contributed by atoms with Crippen molar-refractivity contribution in [2.75, 3.05) is 0 Å². The summed E-state index contributed by atoms with van der Waals surface area (Å²) >= 11 is 5.80. The zero-order chi connectivity index (χ0) is 15.6. The molecule has 0 aliphatic carbocycles. The van der Waals surface area contributed by atoms with E-state index in [0.29, 0.717) is 0 Å². The van der Waals surface area contributed by atoms with Crippen molar-refractivity contribution in [1.29, 1.82) is 0 Å². The van der Waals surface area contributed by atoms with Crippen molar-refractivity contribution in [3.8, 4) is 0 Å². The number of rotatable bonds is 4. The molecule has 7 nitrogen and oxygen atoms in total. The minimum atomic E-state index is -0.611. The first kappa shape index (κ1) is 15.0. The Kier molecular flexibility index (Phi) is 4.23. The molecule has 1 N–H and O–H groups in total. The molecule has 0 aliphatic rings. The van der Waals surface area contributed by atoms with E-state index >= 15 is 0 Å². The topological polar surface area (TPSA) is 90.1 Å². The maximum Gasteiger partial charge on any atom is 0.282 e. The Morgan fingerprint density at radius 1 is 1.52 bits per heavy atom. The van der Waals surface area contributed by atoms with E-state index in [-0.39, 0.29) is 22.8 Å². The molecule has 0 unspecified atom stereocenters. The van der Waals surface area contributed by atoms with Gasteiger partial charge in [0.2, 0.25) is 0 Å². The summed E-state index contributed by atoms with van der Waals surface area (Å²) in [6.45, 7) is 2.11. The summed E-state index contributed by atoms with van der Waals surface area (Å²) < 4.78 is 1.68. The average molecular weight is 309 g/mol. The van der Waals surface area contributed by atoms with E-state index in [4.69, 9.17) is 11.6 Å². The molecule has 0 bridgehead atoms. The lowest BCUT2D eigenvalue weighted by Gasteiger charge is -2.06. The molecule has 0 atom stereocenters. The zero-order valence-electron chi connectivity index (χ0n) is 11.5. The number of hydrogen-bond acceptors (Lipinski definition) is 4. The normalized spacial score (nSPS) is 10.4. The van der Waals surface area contributed by atoms with Gasteiger partial charge in [-0.2, -0.15) is 5.10 Å². The molecule has 0 aliphatic heterocycles. The summed E-state index contributed by atoms with van der Waals surface area (Å²) in [4.78, 5) is 22.4. The first-order valence-corrected chi connectivity index (χ1v) is 6.47. The number of nitro benzene ring substituents is 1. The Morgan fingerprint density at radius 2 is 2.24 bits per heavy atom. The molecule has 0 spiro atoms. The molecule has 0 radical (unpaired) electrons. The number of amides is 1. The molecule has 2 rings (SSSR count). The van der Waals surface area contributed by atoms with Crippen LogP contribution in [0.25, 0.3) is 0 Å². The van der Waals surface area contributed by atoms with E-state index < -0.39 is 10.8 Å². The molecule has 0 fully saturated rings. The van der Waals surface area contributed by atoms with E-state index in [0.717, 1.165) is 11.3 Å². The molecule has 0 saturated heterocycles. The number of nitrogens with one attached hydrogen (secondary N) is 1. The highest BCUT2D eigenvalue weighted by molar-refractivity contribution is 6.31. The predicted octanol–water partition coefficient (Wildman–Crippen LogP) is 2.22. The number of aromatic nitrogens is 2. The molecule has 1 aromatic heterocycles. The fourth-order valence-corrected chi connectivity index (χ4v) is 2.01. The second kappa shape index (κ2) is 5.92. The quantitative estimate of drug-likeness (QED) is 0.692. The van der Waals surface area contributed by atoms with Gasteiger partial charge in [-0.25, -0.2) is 0 Å². The molecule has 110 valence electrons.